The minimum absolute atomic E-state index is 0.731. The molecule has 0 fully saturated rings. The number of benzene rings is 1. The van der Waals surface area contributed by atoms with Crippen LogP contribution >= 0.6 is 0 Å². The van der Waals surface area contributed by atoms with Crippen molar-refractivity contribution < 1.29 is 4.39 Å². The summed E-state index contributed by atoms with van der Waals surface area (Å²) in [6.07, 6.45) is 0. The van der Waals surface area contributed by atoms with Crippen LogP contribution in [0.15, 0.2) is 30.3 Å². The molecule has 1 rings (SSSR count). The van der Waals surface area contributed by atoms with Gasteiger partial charge in [-0.05, 0) is 5.56 Å². The highest BCUT2D eigenvalue weighted by Crippen LogP contribution is 2.16. The fourth-order valence-electron chi connectivity index (χ4n) is 0.834. The van der Waals surface area contributed by atoms with E-state index in [0.717, 1.165) is 5.56 Å². The lowest BCUT2D eigenvalue weighted by atomic mass is 9.63. The molecule has 0 aliphatic heterocycles. The zero-order chi connectivity index (χ0) is 7.61. The Hall–Kier alpha value is -0.720. The van der Waals surface area contributed by atoms with Crippen LogP contribution in [0, 0.1) is 0 Å². The molecule has 0 heterocycles. The number of alkyl halides is 1. The van der Waals surface area contributed by atoms with E-state index >= 15 is 0 Å². The Bertz CT molecular complexity index is 203. The monoisotopic (exact) mass is 134 g/mol. The predicted octanol–water partition coefficient (Wildman–Crippen LogP) is 0.0326. The Kier molecular flexibility index (Phi) is 1.84. The number of hydrogen-bond acceptors (Lipinski definition) is 0. The van der Waals surface area contributed by atoms with Gasteiger partial charge in [0.25, 0.3) is 0 Å². The van der Waals surface area contributed by atoms with Crippen molar-refractivity contribution in [1.82, 2.24) is 0 Å². The molecule has 0 saturated carbocycles. The van der Waals surface area contributed by atoms with Crippen LogP contribution < -0.4 is 0 Å². The van der Waals surface area contributed by atoms with Crippen LogP contribution in [0.4, 0.5) is 4.39 Å². The van der Waals surface area contributed by atoms with E-state index in [9.17, 15) is 4.39 Å². The van der Waals surface area contributed by atoms with Crippen LogP contribution in [-0.4, -0.2) is 15.7 Å². The number of halogens is 1. The second kappa shape index (κ2) is 2.49. The van der Waals surface area contributed by atoms with E-state index in [1.807, 2.05) is 18.2 Å². The predicted molar refractivity (Wildman–Crippen MR) is 46.3 cm³/mol. The molecule has 0 spiro atoms. The maximum absolute atomic E-state index is 13.1. The smallest absolute Gasteiger partial charge is 0.144 e. The Morgan fingerprint density at radius 1 is 1.10 bits per heavy atom. The summed E-state index contributed by atoms with van der Waals surface area (Å²) in [5.41, 5.74) is -0.476. The van der Waals surface area contributed by atoms with E-state index in [2.05, 4.69) is 0 Å². The highest BCUT2D eigenvalue weighted by Gasteiger charge is 2.17. The van der Waals surface area contributed by atoms with Gasteiger partial charge in [0.2, 0.25) is 0 Å². The first-order valence-electron chi connectivity index (χ1n) is 3.35. The zero-order valence-electron chi connectivity index (χ0n) is 6.26. The number of rotatable bonds is 1. The SMILES string of the molecule is BC(B)(F)c1ccccc1. The quantitative estimate of drug-likeness (QED) is 0.475. The van der Waals surface area contributed by atoms with Crippen molar-refractivity contribution in [3.63, 3.8) is 0 Å². The highest BCUT2D eigenvalue weighted by molar-refractivity contribution is 6.38. The van der Waals surface area contributed by atoms with Gasteiger partial charge in [-0.15, -0.1) is 0 Å². The maximum Gasteiger partial charge on any atom is 0.144 e. The topological polar surface area (TPSA) is 0 Å². The second-order valence-corrected chi connectivity index (χ2v) is 2.84. The third-order valence-corrected chi connectivity index (χ3v) is 1.46. The summed E-state index contributed by atoms with van der Waals surface area (Å²) in [5, 5.41) is 0. The highest BCUT2D eigenvalue weighted by atomic mass is 19.1. The largest absolute Gasteiger partial charge is 0.259 e. The standard InChI is InChI=1S/C7H9B2F/c8-7(9,10)6-4-2-1-3-5-6/h1-5H,8-9H2. The molecule has 1 aromatic carbocycles. The minimum atomic E-state index is -1.21. The van der Waals surface area contributed by atoms with Gasteiger partial charge in [-0.1, -0.05) is 30.3 Å². The molecule has 0 amide bonds. The van der Waals surface area contributed by atoms with E-state index in [1.165, 1.54) is 0 Å². The van der Waals surface area contributed by atoms with Crippen LogP contribution in [0.1, 0.15) is 5.56 Å². The Balaban J connectivity index is 2.97. The molecular weight excluding hydrogens is 125 g/mol. The Labute approximate surface area is 62.3 Å². The molecular formula is C7H9B2F. The molecule has 3 heteroatoms. The van der Waals surface area contributed by atoms with Gasteiger partial charge in [0.05, 0.1) is 5.47 Å². The molecule has 0 nitrogen and oxygen atoms in total. The van der Waals surface area contributed by atoms with E-state index < -0.39 is 5.47 Å². The van der Waals surface area contributed by atoms with Crippen molar-refractivity contribution in [2.75, 3.05) is 0 Å². The first-order valence-corrected chi connectivity index (χ1v) is 3.35. The van der Waals surface area contributed by atoms with Crippen molar-refractivity contribution in [2.24, 2.45) is 0 Å². The molecule has 0 N–H and O–H groups in total. The molecule has 0 atom stereocenters. The average Bonchev–Trinajstić information content (AvgIpc) is 1.88. The fourth-order valence-corrected chi connectivity index (χ4v) is 0.834. The summed E-state index contributed by atoms with van der Waals surface area (Å²) in [6, 6.07) is 9.16. The second-order valence-electron chi connectivity index (χ2n) is 2.84. The van der Waals surface area contributed by atoms with Gasteiger partial charge in [-0.3, -0.25) is 4.39 Å². The average molecular weight is 134 g/mol. The van der Waals surface area contributed by atoms with Crippen LogP contribution in [0.5, 0.6) is 0 Å². The molecule has 0 bridgehead atoms. The molecule has 1 aromatic rings. The lowest BCUT2D eigenvalue weighted by Crippen LogP contribution is -2.19. The van der Waals surface area contributed by atoms with Crippen molar-refractivity contribution in [1.29, 1.82) is 0 Å². The Morgan fingerprint density at radius 3 is 1.90 bits per heavy atom. The summed E-state index contributed by atoms with van der Waals surface area (Å²) < 4.78 is 13.1. The summed E-state index contributed by atoms with van der Waals surface area (Å²) in [6.45, 7) is 0. The van der Waals surface area contributed by atoms with Crippen molar-refractivity contribution in [2.45, 2.75) is 5.47 Å². The molecule has 0 aliphatic rings. The van der Waals surface area contributed by atoms with E-state index in [-0.39, 0.29) is 0 Å². The van der Waals surface area contributed by atoms with Gasteiger partial charge < -0.3 is 0 Å². The van der Waals surface area contributed by atoms with Crippen LogP contribution in [-0.2, 0) is 5.47 Å². The lowest BCUT2D eigenvalue weighted by Gasteiger charge is -2.13. The zero-order valence-corrected chi connectivity index (χ0v) is 6.26. The van der Waals surface area contributed by atoms with Crippen LogP contribution in [0.25, 0.3) is 0 Å². The van der Waals surface area contributed by atoms with Gasteiger partial charge in [0.1, 0.15) is 15.7 Å². The summed E-state index contributed by atoms with van der Waals surface area (Å²) in [5.74, 6) is 0. The summed E-state index contributed by atoms with van der Waals surface area (Å²) in [7, 11) is 3.12. The van der Waals surface area contributed by atoms with Crippen LogP contribution in [0.2, 0.25) is 0 Å². The van der Waals surface area contributed by atoms with Gasteiger partial charge in [0, 0.05) is 0 Å². The third-order valence-electron chi connectivity index (χ3n) is 1.46. The summed E-state index contributed by atoms with van der Waals surface area (Å²) >= 11 is 0. The van der Waals surface area contributed by atoms with Gasteiger partial charge in [0.15, 0.2) is 0 Å². The molecule has 0 unspecified atom stereocenters. The third kappa shape index (κ3) is 1.63. The van der Waals surface area contributed by atoms with Gasteiger partial charge >= 0.3 is 0 Å². The normalized spacial score (nSPS) is 11.3. The minimum Gasteiger partial charge on any atom is -0.259 e. The Morgan fingerprint density at radius 2 is 1.60 bits per heavy atom. The fraction of sp³-hybridized carbons (Fsp3) is 0.143. The number of hydrogen-bond donors (Lipinski definition) is 0. The molecule has 0 aromatic heterocycles. The van der Waals surface area contributed by atoms with E-state index in [4.69, 9.17) is 0 Å². The van der Waals surface area contributed by atoms with E-state index in [0.29, 0.717) is 0 Å². The first kappa shape index (κ1) is 7.39. The first-order chi connectivity index (χ1) is 4.61. The molecule has 0 saturated heterocycles. The lowest BCUT2D eigenvalue weighted by molar-refractivity contribution is 0.403. The van der Waals surface area contributed by atoms with Crippen LogP contribution in [0.3, 0.4) is 0 Å². The van der Waals surface area contributed by atoms with Gasteiger partial charge in [-0.2, -0.15) is 0 Å². The molecule has 0 radical (unpaired) electrons. The summed E-state index contributed by atoms with van der Waals surface area (Å²) in [4.78, 5) is 0. The maximum atomic E-state index is 13.1. The van der Waals surface area contributed by atoms with Gasteiger partial charge in [-0.25, -0.2) is 0 Å². The van der Waals surface area contributed by atoms with Crippen molar-refractivity contribution in [3.8, 4) is 0 Å². The molecule has 50 valence electrons. The van der Waals surface area contributed by atoms with Crippen molar-refractivity contribution in [3.05, 3.63) is 35.9 Å². The van der Waals surface area contributed by atoms with E-state index in [1.54, 1.807) is 27.8 Å². The molecule has 10 heavy (non-hydrogen) atoms. The molecule has 0 aliphatic carbocycles. The van der Waals surface area contributed by atoms with Crippen molar-refractivity contribution >= 4 is 15.7 Å².